The molecule has 0 atom stereocenters. The summed E-state index contributed by atoms with van der Waals surface area (Å²) in [6.07, 6.45) is 7.30. The first kappa shape index (κ1) is 18.4. The summed E-state index contributed by atoms with van der Waals surface area (Å²) in [4.78, 5) is 14.6. The molecule has 0 aromatic carbocycles. The number of ether oxygens (including phenoxy) is 2. The van der Waals surface area contributed by atoms with Crippen LogP contribution in [-0.2, 0) is 14.3 Å². The Kier molecular flexibility index (Phi) is 8.88. The molecule has 1 rings (SSSR count). The van der Waals surface area contributed by atoms with Crippen molar-refractivity contribution >= 4 is 5.91 Å². The fraction of sp³-hybridized carbons (Fsp3) is 0.938. The summed E-state index contributed by atoms with van der Waals surface area (Å²) >= 11 is 0. The molecule has 0 aromatic heterocycles. The van der Waals surface area contributed by atoms with Crippen molar-refractivity contribution in [1.82, 2.24) is 4.90 Å². The molecule has 2 N–H and O–H groups in total. The summed E-state index contributed by atoms with van der Waals surface area (Å²) in [5, 5.41) is 0. The minimum atomic E-state index is 0.0297. The first-order valence-corrected chi connectivity index (χ1v) is 8.13. The van der Waals surface area contributed by atoms with Crippen molar-refractivity contribution in [1.29, 1.82) is 0 Å². The first-order chi connectivity index (χ1) is 10.2. The van der Waals surface area contributed by atoms with Crippen molar-refractivity contribution in [2.45, 2.75) is 44.9 Å². The van der Waals surface area contributed by atoms with E-state index in [4.69, 9.17) is 15.2 Å². The van der Waals surface area contributed by atoms with Crippen LogP contribution < -0.4 is 5.73 Å². The highest BCUT2D eigenvalue weighted by atomic mass is 16.5. The highest BCUT2D eigenvalue weighted by molar-refractivity contribution is 5.77. The first-order valence-electron chi connectivity index (χ1n) is 8.13. The van der Waals surface area contributed by atoms with Crippen molar-refractivity contribution in [3.8, 4) is 0 Å². The molecule has 0 aromatic rings. The monoisotopic (exact) mass is 300 g/mol. The van der Waals surface area contributed by atoms with Gasteiger partial charge < -0.3 is 20.1 Å². The summed E-state index contributed by atoms with van der Waals surface area (Å²) in [5.74, 6) is 0.218. The largest absolute Gasteiger partial charge is 0.385 e. The smallest absolute Gasteiger partial charge is 0.223 e. The third kappa shape index (κ3) is 6.32. The van der Waals surface area contributed by atoms with Gasteiger partial charge in [-0.05, 0) is 31.2 Å². The van der Waals surface area contributed by atoms with Gasteiger partial charge in [0.25, 0.3) is 0 Å². The Morgan fingerprint density at radius 1 is 1.10 bits per heavy atom. The average molecular weight is 300 g/mol. The van der Waals surface area contributed by atoms with Gasteiger partial charge in [-0.25, -0.2) is 0 Å². The molecule has 1 aliphatic carbocycles. The summed E-state index contributed by atoms with van der Waals surface area (Å²) in [7, 11) is 3.35. The molecular weight excluding hydrogens is 268 g/mol. The molecular formula is C16H32N2O3. The van der Waals surface area contributed by atoms with Crippen LogP contribution in [0.1, 0.15) is 44.9 Å². The number of nitrogens with two attached hydrogens (primary N) is 1. The van der Waals surface area contributed by atoms with E-state index in [-0.39, 0.29) is 11.3 Å². The van der Waals surface area contributed by atoms with Crippen molar-refractivity contribution < 1.29 is 14.3 Å². The van der Waals surface area contributed by atoms with Crippen LogP contribution in [0.5, 0.6) is 0 Å². The minimum Gasteiger partial charge on any atom is -0.385 e. The lowest BCUT2D eigenvalue weighted by molar-refractivity contribution is -0.135. The second kappa shape index (κ2) is 10.1. The fourth-order valence-corrected chi connectivity index (χ4v) is 3.15. The summed E-state index contributed by atoms with van der Waals surface area (Å²) in [6, 6.07) is 0. The maximum Gasteiger partial charge on any atom is 0.223 e. The SMILES string of the molecule is COCCCN(CCOC)C(=O)CC1(CN)CCCCC1. The molecule has 5 heteroatoms. The molecule has 0 bridgehead atoms. The maximum absolute atomic E-state index is 12.6. The summed E-state index contributed by atoms with van der Waals surface area (Å²) in [5.41, 5.74) is 6.02. The molecule has 0 radical (unpaired) electrons. The van der Waals surface area contributed by atoms with Crippen LogP contribution in [-0.4, -0.2) is 57.9 Å². The van der Waals surface area contributed by atoms with Gasteiger partial charge in [0.1, 0.15) is 0 Å². The van der Waals surface area contributed by atoms with Crippen molar-refractivity contribution in [2.75, 3.05) is 47.1 Å². The van der Waals surface area contributed by atoms with Gasteiger partial charge in [-0.15, -0.1) is 0 Å². The predicted octanol–water partition coefficient (Wildman–Crippen LogP) is 1.80. The van der Waals surface area contributed by atoms with Crippen LogP contribution in [0.25, 0.3) is 0 Å². The molecule has 1 aliphatic rings. The molecule has 0 spiro atoms. The van der Waals surface area contributed by atoms with E-state index in [0.717, 1.165) is 25.8 Å². The number of nitrogens with zero attached hydrogens (tertiary/aromatic N) is 1. The van der Waals surface area contributed by atoms with E-state index in [0.29, 0.717) is 32.7 Å². The standard InChI is InChI=1S/C16H32N2O3/c1-20-11-6-9-18(10-12-21-2)15(19)13-16(14-17)7-4-3-5-8-16/h3-14,17H2,1-2H3. The summed E-state index contributed by atoms with van der Waals surface area (Å²) < 4.78 is 10.2. The van der Waals surface area contributed by atoms with E-state index >= 15 is 0 Å². The van der Waals surface area contributed by atoms with Gasteiger partial charge in [0, 0.05) is 40.3 Å². The van der Waals surface area contributed by atoms with Gasteiger partial charge in [-0.3, -0.25) is 4.79 Å². The Morgan fingerprint density at radius 3 is 2.33 bits per heavy atom. The van der Waals surface area contributed by atoms with Crippen LogP contribution in [0.4, 0.5) is 0 Å². The Labute approximate surface area is 129 Å². The number of hydrogen-bond acceptors (Lipinski definition) is 4. The zero-order chi connectivity index (χ0) is 15.6. The minimum absolute atomic E-state index is 0.0297. The van der Waals surface area contributed by atoms with Crippen molar-refractivity contribution in [3.05, 3.63) is 0 Å². The lowest BCUT2D eigenvalue weighted by Gasteiger charge is -2.37. The molecule has 1 fully saturated rings. The molecule has 0 unspecified atom stereocenters. The Bertz CT molecular complexity index is 291. The number of amides is 1. The van der Waals surface area contributed by atoms with E-state index < -0.39 is 0 Å². The van der Waals surface area contributed by atoms with Gasteiger partial charge in [0.2, 0.25) is 5.91 Å². The zero-order valence-electron chi connectivity index (χ0n) is 13.7. The van der Waals surface area contributed by atoms with Crippen LogP contribution in [0.15, 0.2) is 0 Å². The third-order valence-corrected chi connectivity index (χ3v) is 4.57. The molecule has 1 saturated carbocycles. The third-order valence-electron chi connectivity index (χ3n) is 4.57. The van der Waals surface area contributed by atoms with Crippen LogP contribution in [0.3, 0.4) is 0 Å². The van der Waals surface area contributed by atoms with Crippen molar-refractivity contribution in [3.63, 3.8) is 0 Å². The van der Waals surface area contributed by atoms with Crippen LogP contribution in [0.2, 0.25) is 0 Å². The van der Waals surface area contributed by atoms with E-state index in [9.17, 15) is 4.79 Å². The zero-order valence-corrected chi connectivity index (χ0v) is 13.7. The average Bonchev–Trinajstić information content (AvgIpc) is 2.51. The number of methoxy groups -OCH3 is 2. The Balaban J connectivity index is 2.55. The Hall–Kier alpha value is -0.650. The van der Waals surface area contributed by atoms with E-state index in [1.165, 1.54) is 19.3 Å². The molecule has 1 amide bonds. The topological polar surface area (TPSA) is 64.8 Å². The predicted molar refractivity (Wildman–Crippen MR) is 84.1 cm³/mol. The van der Waals surface area contributed by atoms with Gasteiger partial charge in [0.05, 0.1) is 6.61 Å². The van der Waals surface area contributed by atoms with Gasteiger partial charge in [-0.2, -0.15) is 0 Å². The normalized spacial score (nSPS) is 17.7. The van der Waals surface area contributed by atoms with E-state index in [1.807, 2.05) is 4.90 Å². The number of carbonyl (C=O) groups is 1. The van der Waals surface area contributed by atoms with Crippen LogP contribution >= 0.6 is 0 Å². The summed E-state index contributed by atoms with van der Waals surface area (Å²) in [6.45, 7) is 3.26. The van der Waals surface area contributed by atoms with E-state index in [2.05, 4.69) is 0 Å². The van der Waals surface area contributed by atoms with Crippen molar-refractivity contribution in [2.24, 2.45) is 11.1 Å². The van der Waals surface area contributed by atoms with Crippen LogP contribution in [0, 0.1) is 5.41 Å². The maximum atomic E-state index is 12.6. The Morgan fingerprint density at radius 2 is 1.76 bits per heavy atom. The lowest BCUT2D eigenvalue weighted by Crippen LogP contribution is -2.42. The second-order valence-electron chi connectivity index (χ2n) is 6.16. The van der Waals surface area contributed by atoms with Gasteiger partial charge >= 0.3 is 0 Å². The van der Waals surface area contributed by atoms with Gasteiger partial charge in [0.15, 0.2) is 0 Å². The molecule has 21 heavy (non-hydrogen) atoms. The number of rotatable bonds is 10. The fourth-order valence-electron chi connectivity index (χ4n) is 3.15. The molecule has 0 saturated heterocycles. The highest BCUT2D eigenvalue weighted by Gasteiger charge is 2.34. The molecule has 0 aliphatic heterocycles. The number of carbonyl (C=O) groups excluding carboxylic acids is 1. The molecule has 0 heterocycles. The second-order valence-corrected chi connectivity index (χ2v) is 6.16. The lowest BCUT2D eigenvalue weighted by atomic mass is 9.71. The van der Waals surface area contributed by atoms with Gasteiger partial charge in [-0.1, -0.05) is 19.3 Å². The highest BCUT2D eigenvalue weighted by Crippen LogP contribution is 2.38. The molecule has 124 valence electrons. The van der Waals surface area contributed by atoms with E-state index in [1.54, 1.807) is 14.2 Å². The quantitative estimate of drug-likeness (QED) is 0.625. The molecule has 5 nitrogen and oxygen atoms in total. The number of hydrogen-bond donors (Lipinski definition) is 1.